The second-order valence-electron chi connectivity index (χ2n) is 4.96. The first-order chi connectivity index (χ1) is 7.95. The van der Waals surface area contributed by atoms with Gasteiger partial charge in [-0.05, 0) is 36.8 Å². The van der Waals surface area contributed by atoms with E-state index < -0.39 is 5.60 Å². The molecule has 0 amide bonds. The summed E-state index contributed by atoms with van der Waals surface area (Å²) in [7, 11) is 0. The van der Waals surface area contributed by atoms with Crippen molar-refractivity contribution in [1.29, 1.82) is 0 Å². The molecule has 2 nitrogen and oxygen atoms in total. The molecule has 0 spiro atoms. The highest BCUT2D eigenvalue weighted by atomic mass is 32.2. The molecule has 96 valence electrons. The molecule has 0 saturated heterocycles. The van der Waals surface area contributed by atoms with E-state index in [0.717, 1.165) is 6.54 Å². The summed E-state index contributed by atoms with van der Waals surface area (Å²) in [6.45, 7) is 7.37. The Hall–Kier alpha value is -0.510. The Bertz CT molecular complexity index is 333. The quantitative estimate of drug-likeness (QED) is 0.765. The van der Waals surface area contributed by atoms with Gasteiger partial charge >= 0.3 is 0 Å². The predicted molar refractivity (Wildman–Crippen MR) is 75.4 cm³/mol. The normalized spacial score (nSPS) is 14.9. The summed E-state index contributed by atoms with van der Waals surface area (Å²) in [5.74, 6) is 0.258. The average molecular weight is 253 g/mol. The maximum atomic E-state index is 10.1. The summed E-state index contributed by atoms with van der Waals surface area (Å²) < 4.78 is 0. The fourth-order valence-electron chi connectivity index (χ4n) is 1.41. The van der Waals surface area contributed by atoms with Crippen molar-refractivity contribution in [2.24, 2.45) is 5.92 Å². The van der Waals surface area contributed by atoms with Crippen LogP contribution in [0.1, 0.15) is 26.3 Å². The lowest BCUT2D eigenvalue weighted by Gasteiger charge is -2.28. The van der Waals surface area contributed by atoms with E-state index in [9.17, 15) is 5.11 Å². The SMILES string of the molecule is CSc1ccc(CNCC(C)(O)C(C)C)cc1. The summed E-state index contributed by atoms with van der Waals surface area (Å²) in [5.41, 5.74) is 0.613. The van der Waals surface area contributed by atoms with E-state index in [1.807, 2.05) is 20.8 Å². The zero-order chi connectivity index (χ0) is 12.9. The zero-order valence-corrected chi connectivity index (χ0v) is 12.0. The molecule has 2 N–H and O–H groups in total. The van der Waals surface area contributed by atoms with Crippen LogP contribution in [0.2, 0.25) is 0 Å². The maximum Gasteiger partial charge on any atom is 0.0766 e. The van der Waals surface area contributed by atoms with Crippen LogP contribution in [0.5, 0.6) is 0 Å². The van der Waals surface area contributed by atoms with E-state index in [1.54, 1.807) is 11.8 Å². The van der Waals surface area contributed by atoms with Crippen molar-refractivity contribution < 1.29 is 5.11 Å². The van der Waals surface area contributed by atoms with Gasteiger partial charge < -0.3 is 10.4 Å². The van der Waals surface area contributed by atoms with Crippen molar-refractivity contribution in [2.75, 3.05) is 12.8 Å². The molecule has 1 rings (SSSR count). The molecule has 0 bridgehead atoms. The predicted octanol–water partition coefficient (Wildman–Crippen LogP) is 2.91. The fourth-order valence-corrected chi connectivity index (χ4v) is 1.82. The summed E-state index contributed by atoms with van der Waals surface area (Å²) in [6, 6.07) is 8.51. The van der Waals surface area contributed by atoms with Crippen LogP contribution >= 0.6 is 11.8 Å². The Morgan fingerprint density at radius 1 is 1.29 bits per heavy atom. The van der Waals surface area contributed by atoms with Crippen LogP contribution in [0.3, 0.4) is 0 Å². The molecule has 1 aromatic carbocycles. The first-order valence-corrected chi connectivity index (χ1v) is 7.24. The molecule has 0 aliphatic carbocycles. The van der Waals surface area contributed by atoms with Gasteiger partial charge in [0.1, 0.15) is 0 Å². The highest BCUT2D eigenvalue weighted by Gasteiger charge is 2.23. The minimum absolute atomic E-state index is 0.258. The molecule has 0 heterocycles. The van der Waals surface area contributed by atoms with Crippen molar-refractivity contribution in [3.63, 3.8) is 0 Å². The van der Waals surface area contributed by atoms with E-state index in [2.05, 4.69) is 35.8 Å². The standard InChI is InChI=1S/C14H23NOS/c1-11(2)14(3,16)10-15-9-12-5-7-13(17-4)8-6-12/h5-8,11,15-16H,9-10H2,1-4H3. The highest BCUT2D eigenvalue weighted by molar-refractivity contribution is 7.98. The number of nitrogens with one attached hydrogen (secondary N) is 1. The van der Waals surface area contributed by atoms with Crippen LogP contribution in [0.25, 0.3) is 0 Å². The van der Waals surface area contributed by atoms with Crippen molar-refractivity contribution in [2.45, 2.75) is 37.8 Å². The number of benzene rings is 1. The lowest BCUT2D eigenvalue weighted by atomic mass is 9.92. The third kappa shape index (κ3) is 4.70. The van der Waals surface area contributed by atoms with Crippen LogP contribution in [0, 0.1) is 5.92 Å². The van der Waals surface area contributed by atoms with Gasteiger partial charge in [-0.2, -0.15) is 0 Å². The van der Waals surface area contributed by atoms with Crippen molar-refractivity contribution in [1.82, 2.24) is 5.32 Å². The minimum atomic E-state index is -0.640. The Labute approximate surface area is 109 Å². The molecule has 0 saturated carbocycles. The van der Waals surface area contributed by atoms with Crippen LogP contribution in [0.4, 0.5) is 0 Å². The van der Waals surface area contributed by atoms with E-state index in [-0.39, 0.29) is 5.92 Å². The van der Waals surface area contributed by atoms with Crippen molar-refractivity contribution in [3.05, 3.63) is 29.8 Å². The molecule has 0 radical (unpaired) electrons. The summed E-state index contributed by atoms with van der Waals surface area (Å²) in [6.07, 6.45) is 2.08. The second kappa shape index (κ2) is 6.43. The molecule has 17 heavy (non-hydrogen) atoms. The molecule has 1 aromatic rings. The van der Waals surface area contributed by atoms with Gasteiger partial charge in [-0.1, -0.05) is 26.0 Å². The lowest BCUT2D eigenvalue weighted by Crippen LogP contribution is -2.41. The van der Waals surface area contributed by atoms with Crippen LogP contribution in [-0.2, 0) is 6.54 Å². The van der Waals surface area contributed by atoms with Gasteiger partial charge in [0.2, 0.25) is 0 Å². The van der Waals surface area contributed by atoms with Crippen LogP contribution in [0.15, 0.2) is 29.2 Å². The first-order valence-electron chi connectivity index (χ1n) is 6.01. The molecule has 0 aliphatic rings. The third-order valence-corrected chi connectivity index (χ3v) is 3.96. The fraction of sp³-hybridized carbons (Fsp3) is 0.571. The Morgan fingerprint density at radius 3 is 2.35 bits per heavy atom. The Morgan fingerprint density at radius 2 is 1.88 bits per heavy atom. The zero-order valence-electron chi connectivity index (χ0n) is 11.2. The number of hydrogen-bond acceptors (Lipinski definition) is 3. The summed E-state index contributed by atoms with van der Waals surface area (Å²) in [5, 5.41) is 13.4. The van der Waals surface area contributed by atoms with E-state index in [0.29, 0.717) is 6.54 Å². The Balaban J connectivity index is 2.40. The number of hydrogen-bond donors (Lipinski definition) is 2. The molecule has 0 aliphatic heterocycles. The number of aliphatic hydroxyl groups is 1. The highest BCUT2D eigenvalue weighted by Crippen LogP contribution is 2.16. The summed E-state index contributed by atoms with van der Waals surface area (Å²) >= 11 is 1.75. The minimum Gasteiger partial charge on any atom is -0.389 e. The van der Waals surface area contributed by atoms with Gasteiger partial charge in [-0.15, -0.1) is 11.8 Å². The number of thioether (sulfide) groups is 1. The van der Waals surface area contributed by atoms with E-state index in [1.165, 1.54) is 10.5 Å². The van der Waals surface area contributed by atoms with Crippen molar-refractivity contribution in [3.8, 4) is 0 Å². The lowest BCUT2D eigenvalue weighted by molar-refractivity contribution is 0.0140. The van der Waals surface area contributed by atoms with Gasteiger partial charge in [0.25, 0.3) is 0 Å². The molecular formula is C14H23NOS. The van der Waals surface area contributed by atoms with Crippen LogP contribution < -0.4 is 5.32 Å². The molecule has 3 heteroatoms. The van der Waals surface area contributed by atoms with E-state index >= 15 is 0 Å². The summed E-state index contributed by atoms with van der Waals surface area (Å²) in [4.78, 5) is 1.28. The average Bonchev–Trinajstić information content (AvgIpc) is 2.29. The van der Waals surface area contributed by atoms with Gasteiger partial charge in [-0.25, -0.2) is 0 Å². The topological polar surface area (TPSA) is 32.3 Å². The van der Waals surface area contributed by atoms with Gasteiger partial charge in [0.15, 0.2) is 0 Å². The van der Waals surface area contributed by atoms with Gasteiger partial charge in [0.05, 0.1) is 5.60 Å². The maximum absolute atomic E-state index is 10.1. The molecule has 1 unspecified atom stereocenters. The molecule has 0 fully saturated rings. The number of rotatable bonds is 6. The van der Waals surface area contributed by atoms with Gasteiger partial charge in [0, 0.05) is 18.0 Å². The first kappa shape index (κ1) is 14.6. The van der Waals surface area contributed by atoms with Crippen molar-refractivity contribution >= 4 is 11.8 Å². The molecular weight excluding hydrogens is 230 g/mol. The molecule has 0 aromatic heterocycles. The van der Waals surface area contributed by atoms with E-state index in [4.69, 9.17) is 0 Å². The monoisotopic (exact) mass is 253 g/mol. The van der Waals surface area contributed by atoms with Gasteiger partial charge in [-0.3, -0.25) is 0 Å². The third-order valence-electron chi connectivity index (χ3n) is 3.21. The Kier molecular flexibility index (Phi) is 5.50. The largest absolute Gasteiger partial charge is 0.389 e. The smallest absolute Gasteiger partial charge is 0.0766 e. The van der Waals surface area contributed by atoms with Crippen LogP contribution in [-0.4, -0.2) is 23.5 Å². The second-order valence-corrected chi connectivity index (χ2v) is 5.84. The molecule has 1 atom stereocenters.